The van der Waals surface area contributed by atoms with Crippen LogP contribution in [0.25, 0.3) is 0 Å². The molecule has 1 saturated carbocycles. The van der Waals surface area contributed by atoms with Crippen LogP contribution in [-0.4, -0.2) is 37.5 Å². The van der Waals surface area contributed by atoms with E-state index in [0.29, 0.717) is 13.2 Å². The van der Waals surface area contributed by atoms with Gasteiger partial charge in [0, 0.05) is 13.2 Å². The highest BCUT2D eigenvalue weighted by atomic mass is 16.5. The van der Waals surface area contributed by atoms with Crippen molar-refractivity contribution in [3.8, 4) is 0 Å². The minimum Gasteiger partial charge on any atom is -0.389 e. The smallest absolute Gasteiger partial charge is 0.0897 e. The number of nitrogens with one attached hydrogen (secondary N) is 1. The highest BCUT2D eigenvalue weighted by Crippen LogP contribution is 2.28. The first-order valence-electron chi connectivity index (χ1n) is 7.49. The first-order valence-corrected chi connectivity index (χ1v) is 7.49. The lowest BCUT2D eigenvalue weighted by atomic mass is 9.97. The van der Waals surface area contributed by atoms with Gasteiger partial charge in [0.1, 0.15) is 0 Å². The standard InChI is InChI=1S/C15H27NO2/c17-15(12-18-11-14-6-7-14)10-16-9-8-13-4-2-1-3-5-13/h4,14-17H,1-3,5-12H2/t15-/m0/s1. The van der Waals surface area contributed by atoms with Crippen molar-refractivity contribution in [3.63, 3.8) is 0 Å². The second kappa shape index (κ2) is 7.93. The second-order valence-electron chi connectivity index (χ2n) is 5.70. The van der Waals surface area contributed by atoms with Crippen molar-refractivity contribution in [3.05, 3.63) is 11.6 Å². The maximum absolute atomic E-state index is 9.72. The molecule has 0 aromatic heterocycles. The molecule has 1 fully saturated rings. The van der Waals surface area contributed by atoms with E-state index >= 15 is 0 Å². The van der Waals surface area contributed by atoms with Crippen molar-refractivity contribution >= 4 is 0 Å². The number of hydrogen-bond acceptors (Lipinski definition) is 3. The summed E-state index contributed by atoms with van der Waals surface area (Å²) in [5.74, 6) is 0.781. The molecule has 0 aliphatic heterocycles. The van der Waals surface area contributed by atoms with E-state index in [1.807, 2.05) is 0 Å². The van der Waals surface area contributed by atoms with Gasteiger partial charge >= 0.3 is 0 Å². The van der Waals surface area contributed by atoms with Gasteiger partial charge in [-0.25, -0.2) is 0 Å². The Morgan fingerprint density at radius 3 is 3.00 bits per heavy atom. The molecule has 2 rings (SSSR count). The number of rotatable bonds is 9. The van der Waals surface area contributed by atoms with Crippen LogP contribution in [0.4, 0.5) is 0 Å². The molecule has 0 unspecified atom stereocenters. The molecular weight excluding hydrogens is 226 g/mol. The largest absolute Gasteiger partial charge is 0.389 e. The van der Waals surface area contributed by atoms with Crippen LogP contribution in [0.5, 0.6) is 0 Å². The monoisotopic (exact) mass is 253 g/mol. The van der Waals surface area contributed by atoms with Crippen LogP contribution < -0.4 is 5.32 Å². The summed E-state index contributed by atoms with van der Waals surface area (Å²) in [5, 5.41) is 13.0. The molecular formula is C15H27NO2. The van der Waals surface area contributed by atoms with Crippen molar-refractivity contribution in [2.24, 2.45) is 5.92 Å². The van der Waals surface area contributed by atoms with Gasteiger partial charge in [-0.05, 0) is 57.4 Å². The van der Waals surface area contributed by atoms with E-state index in [-0.39, 0.29) is 6.10 Å². The summed E-state index contributed by atoms with van der Waals surface area (Å²) in [4.78, 5) is 0. The zero-order chi connectivity index (χ0) is 12.6. The third-order valence-electron chi connectivity index (χ3n) is 3.75. The predicted molar refractivity (Wildman–Crippen MR) is 73.6 cm³/mol. The van der Waals surface area contributed by atoms with E-state index in [9.17, 15) is 5.11 Å². The molecule has 0 bridgehead atoms. The predicted octanol–water partition coefficient (Wildman–Crippen LogP) is 2.25. The summed E-state index contributed by atoms with van der Waals surface area (Å²) < 4.78 is 5.46. The number of aliphatic hydroxyl groups is 1. The molecule has 0 radical (unpaired) electrons. The van der Waals surface area contributed by atoms with E-state index in [4.69, 9.17) is 4.74 Å². The Morgan fingerprint density at radius 2 is 2.28 bits per heavy atom. The summed E-state index contributed by atoms with van der Waals surface area (Å²) in [6.45, 7) is 2.94. The Kier molecular flexibility index (Phi) is 6.18. The van der Waals surface area contributed by atoms with Gasteiger partial charge in [0.25, 0.3) is 0 Å². The van der Waals surface area contributed by atoms with Gasteiger partial charge in [-0.2, -0.15) is 0 Å². The van der Waals surface area contributed by atoms with Gasteiger partial charge in [0.2, 0.25) is 0 Å². The normalized spacial score (nSPS) is 21.7. The molecule has 0 amide bonds. The summed E-state index contributed by atoms with van der Waals surface area (Å²) >= 11 is 0. The van der Waals surface area contributed by atoms with Crippen LogP contribution in [0.3, 0.4) is 0 Å². The third-order valence-corrected chi connectivity index (χ3v) is 3.75. The zero-order valence-corrected chi connectivity index (χ0v) is 11.4. The fourth-order valence-electron chi connectivity index (χ4n) is 2.36. The minimum absolute atomic E-state index is 0.357. The molecule has 2 N–H and O–H groups in total. The first kappa shape index (κ1) is 14.0. The summed E-state index contributed by atoms with van der Waals surface area (Å²) in [6, 6.07) is 0. The fraction of sp³-hybridized carbons (Fsp3) is 0.867. The Labute approximate surface area is 111 Å². The van der Waals surface area contributed by atoms with Crippen LogP contribution in [0.2, 0.25) is 0 Å². The lowest BCUT2D eigenvalue weighted by Crippen LogP contribution is -2.31. The van der Waals surface area contributed by atoms with Crippen molar-refractivity contribution in [1.82, 2.24) is 5.32 Å². The van der Waals surface area contributed by atoms with Gasteiger partial charge in [0.15, 0.2) is 0 Å². The summed E-state index contributed by atoms with van der Waals surface area (Å²) in [7, 11) is 0. The molecule has 104 valence electrons. The van der Waals surface area contributed by atoms with E-state index < -0.39 is 0 Å². The van der Waals surface area contributed by atoms with Gasteiger partial charge < -0.3 is 15.2 Å². The molecule has 3 heteroatoms. The molecule has 18 heavy (non-hydrogen) atoms. The van der Waals surface area contributed by atoms with Crippen LogP contribution in [0.15, 0.2) is 11.6 Å². The Bertz CT molecular complexity index is 261. The molecule has 3 nitrogen and oxygen atoms in total. The van der Waals surface area contributed by atoms with Crippen LogP contribution in [0, 0.1) is 5.92 Å². The summed E-state index contributed by atoms with van der Waals surface area (Å²) in [5.41, 5.74) is 1.59. The Morgan fingerprint density at radius 1 is 1.39 bits per heavy atom. The number of hydrogen-bond donors (Lipinski definition) is 2. The topological polar surface area (TPSA) is 41.5 Å². The van der Waals surface area contributed by atoms with Gasteiger partial charge in [-0.15, -0.1) is 0 Å². The first-order chi connectivity index (χ1) is 8.84. The Balaban J connectivity index is 1.42. The highest BCUT2D eigenvalue weighted by Gasteiger charge is 2.21. The van der Waals surface area contributed by atoms with Gasteiger partial charge in [-0.1, -0.05) is 11.6 Å². The van der Waals surface area contributed by atoms with Crippen LogP contribution in [-0.2, 0) is 4.74 Å². The van der Waals surface area contributed by atoms with E-state index in [0.717, 1.165) is 25.5 Å². The maximum atomic E-state index is 9.72. The molecule has 0 aromatic carbocycles. The summed E-state index contributed by atoms with van der Waals surface area (Å²) in [6.07, 6.45) is 11.0. The Hall–Kier alpha value is -0.380. The fourth-order valence-corrected chi connectivity index (χ4v) is 2.36. The SMILES string of the molecule is O[C@@H](CNCCC1=CCCCC1)COCC1CC1. The number of aliphatic hydroxyl groups excluding tert-OH is 1. The van der Waals surface area contributed by atoms with Crippen molar-refractivity contribution in [2.75, 3.05) is 26.3 Å². The van der Waals surface area contributed by atoms with Gasteiger partial charge in [0.05, 0.1) is 12.7 Å². The van der Waals surface area contributed by atoms with Crippen molar-refractivity contribution in [2.45, 2.75) is 51.0 Å². The minimum atomic E-state index is -0.357. The van der Waals surface area contributed by atoms with Gasteiger partial charge in [-0.3, -0.25) is 0 Å². The molecule has 0 aromatic rings. The highest BCUT2D eigenvalue weighted by molar-refractivity contribution is 5.05. The molecule has 1 atom stereocenters. The molecule has 0 saturated heterocycles. The third kappa shape index (κ3) is 5.98. The van der Waals surface area contributed by atoms with E-state index in [1.54, 1.807) is 5.57 Å². The molecule has 0 heterocycles. The maximum Gasteiger partial charge on any atom is 0.0897 e. The quantitative estimate of drug-likeness (QED) is 0.489. The van der Waals surface area contributed by atoms with Crippen LogP contribution in [0.1, 0.15) is 44.9 Å². The molecule has 2 aliphatic rings. The average Bonchev–Trinajstić information content (AvgIpc) is 3.20. The number of allylic oxidation sites excluding steroid dienone is 1. The van der Waals surface area contributed by atoms with Crippen molar-refractivity contribution < 1.29 is 9.84 Å². The van der Waals surface area contributed by atoms with Crippen LogP contribution >= 0.6 is 0 Å². The van der Waals surface area contributed by atoms with Crippen molar-refractivity contribution in [1.29, 1.82) is 0 Å². The molecule has 0 spiro atoms. The lowest BCUT2D eigenvalue weighted by molar-refractivity contribution is 0.0327. The second-order valence-corrected chi connectivity index (χ2v) is 5.70. The zero-order valence-electron chi connectivity index (χ0n) is 11.4. The average molecular weight is 253 g/mol. The van der Waals surface area contributed by atoms with E-state index in [1.165, 1.54) is 38.5 Å². The van der Waals surface area contributed by atoms with E-state index in [2.05, 4.69) is 11.4 Å². The lowest BCUT2D eigenvalue weighted by Gasteiger charge is -2.15. The number of ether oxygens (including phenoxy) is 1. The molecule has 2 aliphatic carbocycles.